The monoisotopic (exact) mass is 398 g/mol. The van der Waals surface area contributed by atoms with Gasteiger partial charge < -0.3 is 5.32 Å². The molecule has 0 aliphatic carbocycles. The number of para-hydroxylation sites is 1. The number of benzene rings is 3. The van der Waals surface area contributed by atoms with E-state index >= 15 is 0 Å². The zero-order valence-corrected chi connectivity index (χ0v) is 15.7. The molecule has 0 saturated heterocycles. The van der Waals surface area contributed by atoms with Crippen molar-refractivity contribution in [1.29, 1.82) is 0 Å². The zero-order valence-electron chi connectivity index (χ0n) is 14.9. The lowest BCUT2D eigenvalue weighted by Gasteiger charge is -2.13. The summed E-state index contributed by atoms with van der Waals surface area (Å²) in [5.41, 5.74) is 1.41. The lowest BCUT2D eigenvalue weighted by Crippen LogP contribution is -2.27. The molecule has 2 N–H and O–H groups in total. The van der Waals surface area contributed by atoms with Crippen LogP contribution in [-0.2, 0) is 16.4 Å². The Morgan fingerprint density at radius 2 is 1.61 bits per heavy atom. The average Bonchev–Trinajstić information content (AvgIpc) is 2.69. The van der Waals surface area contributed by atoms with E-state index in [0.29, 0.717) is 13.0 Å². The molecule has 3 aromatic carbocycles. The predicted molar refractivity (Wildman–Crippen MR) is 106 cm³/mol. The molecule has 0 unspecified atom stereocenters. The van der Waals surface area contributed by atoms with Crippen molar-refractivity contribution in [2.45, 2.75) is 11.3 Å². The number of anilines is 1. The first-order valence-electron chi connectivity index (χ1n) is 8.65. The van der Waals surface area contributed by atoms with Crippen LogP contribution in [0.4, 0.5) is 10.1 Å². The Kier molecular flexibility index (Phi) is 6.06. The third kappa shape index (κ3) is 4.95. The minimum Gasteiger partial charge on any atom is -0.352 e. The van der Waals surface area contributed by atoms with Crippen molar-refractivity contribution in [1.82, 2.24) is 5.32 Å². The summed E-state index contributed by atoms with van der Waals surface area (Å²) < 4.78 is 40.8. The molecule has 5 nitrogen and oxygen atoms in total. The van der Waals surface area contributed by atoms with Crippen LogP contribution in [0.3, 0.4) is 0 Å². The van der Waals surface area contributed by atoms with Crippen LogP contribution in [0, 0.1) is 5.82 Å². The average molecular weight is 398 g/mol. The molecule has 0 aliphatic rings. The van der Waals surface area contributed by atoms with E-state index in [4.69, 9.17) is 0 Å². The van der Waals surface area contributed by atoms with Gasteiger partial charge in [-0.15, -0.1) is 0 Å². The fraction of sp³-hybridized carbons (Fsp3) is 0.0952. The minimum atomic E-state index is -4.03. The van der Waals surface area contributed by atoms with Gasteiger partial charge in [0.1, 0.15) is 5.82 Å². The van der Waals surface area contributed by atoms with Gasteiger partial charge in [0.2, 0.25) is 0 Å². The summed E-state index contributed by atoms with van der Waals surface area (Å²) in [6.45, 7) is 0.411. The maximum absolute atomic E-state index is 13.4. The number of carbonyl (C=O) groups is 1. The van der Waals surface area contributed by atoms with Gasteiger partial charge in [-0.25, -0.2) is 12.8 Å². The van der Waals surface area contributed by atoms with Crippen LogP contribution in [0.25, 0.3) is 0 Å². The second kappa shape index (κ2) is 8.67. The van der Waals surface area contributed by atoms with Crippen molar-refractivity contribution in [2.24, 2.45) is 0 Å². The molecule has 0 aromatic heterocycles. The highest BCUT2D eigenvalue weighted by atomic mass is 32.2. The molecule has 0 heterocycles. The van der Waals surface area contributed by atoms with Crippen molar-refractivity contribution in [3.05, 3.63) is 95.8 Å². The van der Waals surface area contributed by atoms with Crippen LogP contribution in [-0.4, -0.2) is 20.9 Å². The summed E-state index contributed by atoms with van der Waals surface area (Å²) >= 11 is 0. The lowest BCUT2D eigenvalue weighted by molar-refractivity contribution is 0.0955. The summed E-state index contributed by atoms with van der Waals surface area (Å²) in [5, 5.41) is 2.79. The van der Waals surface area contributed by atoms with Crippen LogP contribution < -0.4 is 10.0 Å². The number of hydrogen-bond acceptors (Lipinski definition) is 3. The standard InChI is InChI=1S/C21H19FN2O3S/c22-17-9-6-10-18(15-17)28(26,27)24-20-12-5-4-11-19(20)21(25)23-14-13-16-7-2-1-3-8-16/h1-12,15,24H,13-14H2,(H,23,25). The highest BCUT2D eigenvalue weighted by Gasteiger charge is 2.19. The molecule has 0 saturated carbocycles. The number of nitrogens with one attached hydrogen (secondary N) is 2. The molecule has 0 spiro atoms. The molecular weight excluding hydrogens is 379 g/mol. The van der Waals surface area contributed by atoms with Crippen LogP contribution in [0.15, 0.2) is 83.8 Å². The fourth-order valence-electron chi connectivity index (χ4n) is 2.67. The van der Waals surface area contributed by atoms with Gasteiger partial charge in [0.25, 0.3) is 15.9 Å². The smallest absolute Gasteiger partial charge is 0.262 e. The molecule has 0 bridgehead atoms. The van der Waals surface area contributed by atoms with Crippen molar-refractivity contribution in [3.63, 3.8) is 0 Å². The molecule has 3 aromatic rings. The van der Waals surface area contributed by atoms with E-state index < -0.39 is 21.7 Å². The molecule has 0 atom stereocenters. The summed E-state index contributed by atoms with van der Waals surface area (Å²) in [4.78, 5) is 12.3. The molecule has 144 valence electrons. The third-order valence-electron chi connectivity index (χ3n) is 4.06. The van der Waals surface area contributed by atoms with Gasteiger partial charge in [-0.2, -0.15) is 0 Å². The number of carbonyl (C=O) groups excluding carboxylic acids is 1. The maximum atomic E-state index is 13.4. The maximum Gasteiger partial charge on any atom is 0.262 e. The van der Waals surface area contributed by atoms with E-state index in [9.17, 15) is 17.6 Å². The number of sulfonamides is 1. The second-order valence-corrected chi connectivity index (χ2v) is 7.78. The van der Waals surface area contributed by atoms with Crippen LogP contribution in [0.1, 0.15) is 15.9 Å². The molecule has 0 radical (unpaired) electrons. The fourth-order valence-corrected chi connectivity index (χ4v) is 3.78. The summed E-state index contributed by atoms with van der Waals surface area (Å²) in [5.74, 6) is -1.05. The summed E-state index contributed by atoms with van der Waals surface area (Å²) in [7, 11) is -4.03. The van der Waals surface area contributed by atoms with Gasteiger partial charge in [-0.05, 0) is 42.3 Å². The first-order chi connectivity index (χ1) is 13.5. The van der Waals surface area contributed by atoms with E-state index in [1.54, 1.807) is 12.1 Å². The Hall–Kier alpha value is -3.19. The van der Waals surface area contributed by atoms with Gasteiger partial charge in [0.05, 0.1) is 16.1 Å². The van der Waals surface area contributed by atoms with E-state index in [1.807, 2.05) is 30.3 Å². The number of halogens is 1. The zero-order chi connectivity index (χ0) is 20.0. The minimum absolute atomic E-state index is 0.129. The van der Waals surface area contributed by atoms with E-state index in [2.05, 4.69) is 10.0 Å². The summed E-state index contributed by atoms with van der Waals surface area (Å²) in [6.07, 6.45) is 0.657. The Bertz CT molecular complexity index is 1070. The Morgan fingerprint density at radius 3 is 2.36 bits per heavy atom. The lowest BCUT2D eigenvalue weighted by atomic mass is 10.1. The van der Waals surface area contributed by atoms with Gasteiger partial charge in [-0.3, -0.25) is 9.52 Å². The number of amides is 1. The predicted octanol–water partition coefficient (Wildman–Crippen LogP) is 3.60. The van der Waals surface area contributed by atoms with Gasteiger partial charge in [-0.1, -0.05) is 48.5 Å². The van der Waals surface area contributed by atoms with Crippen molar-refractivity contribution in [2.75, 3.05) is 11.3 Å². The molecule has 0 aliphatic heterocycles. The Morgan fingerprint density at radius 1 is 0.893 bits per heavy atom. The second-order valence-electron chi connectivity index (χ2n) is 6.10. The Labute approximate surface area is 163 Å². The first-order valence-corrected chi connectivity index (χ1v) is 10.1. The SMILES string of the molecule is O=C(NCCc1ccccc1)c1ccccc1NS(=O)(=O)c1cccc(F)c1. The van der Waals surface area contributed by atoms with Gasteiger partial charge in [0, 0.05) is 6.54 Å². The Balaban J connectivity index is 1.72. The number of rotatable bonds is 7. The molecule has 1 amide bonds. The molecule has 3 rings (SSSR count). The van der Waals surface area contributed by atoms with Crippen LogP contribution in [0.2, 0.25) is 0 Å². The molecule has 0 fully saturated rings. The highest BCUT2D eigenvalue weighted by Crippen LogP contribution is 2.20. The van der Waals surface area contributed by atoms with Crippen molar-refractivity contribution >= 4 is 21.6 Å². The van der Waals surface area contributed by atoms with E-state index in [-0.39, 0.29) is 16.1 Å². The number of hydrogen-bond donors (Lipinski definition) is 2. The van der Waals surface area contributed by atoms with Crippen molar-refractivity contribution < 1.29 is 17.6 Å². The quantitative estimate of drug-likeness (QED) is 0.639. The molecule has 28 heavy (non-hydrogen) atoms. The van der Waals surface area contributed by atoms with E-state index in [0.717, 1.165) is 17.7 Å². The van der Waals surface area contributed by atoms with Crippen LogP contribution in [0.5, 0.6) is 0 Å². The van der Waals surface area contributed by atoms with Crippen LogP contribution >= 0.6 is 0 Å². The summed E-state index contributed by atoms with van der Waals surface area (Å²) in [6, 6.07) is 20.7. The van der Waals surface area contributed by atoms with Gasteiger partial charge in [0.15, 0.2) is 0 Å². The van der Waals surface area contributed by atoms with E-state index in [1.165, 1.54) is 24.3 Å². The largest absolute Gasteiger partial charge is 0.352 e. The highest BCUT2D eigenvalue weighted by molar-refractivity contribution is 7.92. The van der Waals surface area contributed by atoms with Gasteiger partial charge >= 0.3 is 0 Å². The van der Waals surface area contributed by atoms with Crippen molar-refractivity contribution in [3.8, 4) is 0 Å². The molecular formula is C21H19FN2O3S. The first kappa shape index (κ1) is 19.6. The topological polar surface area (TPSA) is 75.3 Å². The third-order valence-corrected chi connectivity index (χ3v) is 5.43. The normalized spacial score (nSPS) is 11.0. The molecule has 7 heteroatoms.